The number of thiocarbonyl (C=S) groups is 1. The van der Waals surface area contributed by atoms with Gasteiger partial charge < -0.3 is 19.5 Å². The highest BCUT2D eigenvalue weighted by Crippen LogP contribution is 2.13. The van der Waals surface area contributed by atoms with Crippen LogP contribution in [0.3, 0.4) is 0 Å². The van der Waals surface area contributed by atoms with Gasteiger partial charge >= 0.3 is 0 Å². The third kappa shape index (κ3) is 3.64. The second kappa shape index (κ2) is 7.38. The second-order valence-corrected chi connectivity index (χ2v) is 5.56. The molecular formula is C16H21N3O2S. The molecule has 1 N–H and O–H groups in total. The first-order valence-electron chi connectivity index (χ1n) is 7.10. The van der Waals surface area contributed by atoms with Gasteiger partial charge in [0.2, 0.25) is 0 Å². The lowest BCUT2D eigenvalue weighted by molar-refractivity contribution is 0.203. The molecule has 0 radical (unpaired) electrons. The van der Waals surface area contributed by atoms with Gasteiger partial charge in [0.25, 0.3) is 5.56 Å². The van der Waals surface area contributed by atoms with Gasteiger partial charge in [-0.05, 0) is 29.7 Å². The molecule has 0 aliphatic carbocycles. The first-order valence-corrected chi connectivity index (χ1v) is 7.51. The first kappa shape index (κ1) is 16.5. The number of hydrogen-bond acceptors (Lipinski definition) is 3. The van der Waals surface area contributed by atoms with Gasteiger partial charge in [-0.15, -0.1) is 0 Å². The molecule has 0 unspecified atom stereocenters. The van der Waals surface area contributed by atoms with Crippen LogP contribution in [0.4, 0.5) is 0 Å². The number of aryl methyl sites for hydroxylation is 1. The molecule has 1 heterocycles. The van der Waals surface area contributed by atoms with Crippen LogP contribution in [0.2, 0.25) is 0 Å². The average Bonchev–Trinajstić information content (AvgIpc) is 2.52. The van der Waals surface area contributed by atoms with Gasteiger partial charge in [-0.2, -0.15) is 0 Å². The van der Waals surface area contributed by atoms with Crippen LogP contribution < -0.4 is 10.9 Å². The summed E-state index contributed by atoms with van der Waals surface area (Å²) in [5.74, 6) is 0. The molecule has 0 amide bonds. The van der Waals surface area contributed by atoms with Gasteiger partial charge in [0, 0.05) is 33.3 Å². The Kier molecular flexibility index (Phi) is 5.51. The molecule has 1 aromatic heterocycles. The number of pyridine rings is 1. The standard InChI is InChI=1S/C16H21N3O2S/c1-18(16(22)17-8-9-21-3)11-13-10-12-6-4-5-7-14(12)19(2)15(13)20/h4-7,10H,8-9,11H2,1-3H3,(H,17,22). The molecule has 2 rings (SSSR count). The number of nitrogens with zero attached hydrogens (tertiary/aromatic N) is 2. The predicted molar refractivity (Wildman–Crippen MR) is 93.1 cm³/mol. The zero-order valence-corrected chi connectivity index (χ0v) is 13.9. The molecule has 0 spiro atoms. The zero-order chi connectivity index (χ0) is 16.1. The smallest absolute Gasteiger partial charge is 0.255 e. The molecule has 1 aromatic carbocycles. The number of ether oxygens (including phenoxy) is 1. The summed E-state index contributed by atoms with van der Waals surface area (Å²) < 4.78 is 6.66. The Morgan fingerprint density at radius 1 is 1.41 bits per heavy atom. The number of hydrogen-bond donors (Lipinski definition) is 1. The summed E-state index contributed by atoms with van der Waals surface area (Å²) >= 11 is 5.31. The van der Waals surface area contributed by atoms with Crippen molar-refractivity contribution in [1.29, 1.82) is 0 Å². The number of methoxy groups -OCH3 is 1. The van der Waals surface area contributed by atoms with Crippen molar-refractivity contribution in [2.75, 3.05) is 27.3 Å². The van der Waals surface area contributed by atoms with Crippen molar-refractivity contribution in [2.45, 2.75) is 6.54 Å². The number of para-hydroxylation sites is 1. The molecule has 0 bridgehead atoms. The molecule has 118 valence electrons. The van der Waals surface area contributed by atoms with E-state index in [4.69, 9.17) is 17.0 Å². The van der Waals surface area contributed by atoms with E-state index in [9.17, 15) is 4.79 Å². The van der Waals surface area contributed by atoms with Crippen LogP contribution in [0.1, 0.15) is 5.56 Å². The minimum Gasteiger partial charge on any atom is -0.383 e. The Morgan fingerprint density at radius 3 is 2.86 bits per heavy atom. The Labute approximate surface area is 135 Å². The van der Waals surface area contributed by atoms with Crippen LogP contribution in [0.5, 0.6) is 0 Å². The van der Waals surface area contributed by atoms with Crippen LogP contribution in [-0.4, -0.2) is 41.9 Å². The highest BCUT2D eigenvalue weighted by molar-refractivity contribution is 7.80. The minimum atomic E-state index is 0.00485. The van der Waals surface area contributed by atoms with Crippen molar-refractivity contribution in [2.24, 2.45) is 7.05 Å². The van der Waals surface area contributed by atoms with Gasteiger partial charge in [0.1, 0.15) is 0 Å². The summed E-state index contributed by atoms with van der Waals surface area (Å²) in [4.78, 5) is 14.3. The Balaban J connectivity index is 2.19. The fourth-order valence-corrected chi connectivity index (χ4v) is 2.49. The second-order valence-electron chi connectivity index (χ2n) is 5.17. The average molecular weight is 319 g/mol. The Bertz CT molecular complexity index is 727. The van der Waals surface area contributed by atoms with E-state index in [1.165, 1.54) is 0 Å². The molecule has 5 nitrogen and oxygen atoms in total. The zero-order valence-electron chi connectivity index (χ0n) is 13.1. The van der Waals surface area contributed by atoms with E-state index in [0.717, 1.165) is 16.5 Å². The maximum absolute atomic E-state index is 12.5. The van der Waals surface area contributed by atoms with Crippen molar-refractivity contribution >= 4 is 28.2 Å². The van der Waals surface area contributed by atoms with E-state index in [1.807, 2.05) is 42.3 Å². The number of fused-ring (bicyclic) bond motifs is 1. The Hall–Kier alpha value is -1.92. The number of rotatable bonds is 5. The van der Waals surface area contributed by atoms with E-state index in [0.29, 0.717) is 24.8 Å². The normalized spacial score (nSPS) is 10.7. The molecule has 0 saturated heterocycles. The third-order valence-corrected chi connectivity index (χ3v) is 4.00. The number of benzene rings is 1. The highest BCUT2D eigenvalue weighted by atomic mass is 32.1. The summed E-state index contributed by atoms with van der Waals surface area (Å²) in [7, 11) is 5.31. The van der Waals surface area contributed by atoms with E-state index < -0.39 is 0 Å². The quantitative estimate of drug-likeness (QED) is 0.668. The number of nitrogens with one attached hydrogen (secondary N) is 1. The monoisotopic (exact) mass is 319 g/mol. The maximum Gasteiger partial charge on any atom is 0.255 e. The van der Waals surface area contributed by atoms with Gasteiger partial charge in [0.05, 0.1) is 18.7 Å². The van der Waals surface area contributed by atoms with Crippen LogP contribution in [0.25, 0.3) is 10.9 Å². The maximum atomic E-state index is 12.5. The minimum absolute atomic E-state index is 0.00485. The van der Waals surface area contributed by atoms with Gasteiger partial charge in [0.15, 0.2) is 5.11 Å². The molecular weight excluding hydrogens is 298 g/mol. The van der Waals surface area contributed by atoms with E-state index in [-0.39, 0.29) is 5.56 Å². The summed E-state index contributed by atoms with van der Waals surface area (Å²) in [6.07, 6.45) is 0. The fourth-order valence-electron chi connectivity index (χ4n) is 2.32. The van der Waals surface area contributed by atoms with E-state index in [1.54, 1.807) is 18.7 Å². The molecule has 22 heavy (non-hydrogen) atoms. The van der Waals surface area contributed by atoms with Gasteiger partial charge in [-0.25, -0.2) is 0 Å². The van der Waals surface area contributed by atoms with Crippen molar-refractivity contribution < 1.29 is 4.74 Å². The molecule has 0 fully saturated rings. The summed E-state index contributed by atoms with van der Waals surface area (Å²) in [6.45, 7) is 1.71. The molecule has 2 aromatic rings. The van der Waals surface area contributed by atoms with Gasteiger partial charge in [-0.1, -0.05) is 18.2 Å². The lowest BCUT2D eigenvalue weighted by Crippen LogP contribution is -2.39. The molecule has 0 atom stereocenters. The van der Waals surface area contributed by atoms with Gasteiger partial charge in [-0.3, -0.25) is 4.79 Å². The molecule has 6 heteroatoms. The first-order chi connectivity index (χ1) is 10.5. The van der Waals surface area contributed by atoms with Crippen LogP contribution in [-0.2, 0) is 18.3 Å². The van der Waals surface area contributed by atoms with Crippen LogP contribution >= 0.6 is 12.2 Å². The molecule has 0 aliphatic rings. The number of aromatic nitrogens is 1. The molecule has 0 aliphatic heterocycles. The van der Waals surface area contributed by atoms with Crippen molar-refractivity contribution in [3.8, 4) is 0 Å². The summed E-state index contributed by atoms with van der Waals surface area (Å²) in [5.41, 5.74) is 1.66. The summed E-state index contributed by atoms with van der Waals surface area (Å²) in [6, 6.07) is 9.79. The Morgan fingerprint density at radius 2 is 2.14 bits per heavy atom. The predicted octanol–water partition coefficient (Wildman–Crippen LogP) is 1.49. The fraction of sp³-hybridized carbons (Fsp3) is 0.375. The lowest BCUT2D eigenvalue weighted by Gasteiger charge is -2.21. The van der Waals surface area contributed by atoms with E-state index >= 15 is 0 Å². The van der Waals surface area contributed by atoms with Crippen molar-refractivity contribution in [3.05, 3.63) is 46.2 Å². The lowest BCUT2D eigenvalue weighted by atomic mass is 10.1. The topological polar surface area (TPSA) is 46.5 Å². The largest absolute Gasteiger partial charge is 0.383 e. The SMILES string of the molecule is COCCNC(=S)N(C)Cc1cc2ccccc2n(C)c1=O. The third-order valence-electron chi connectivity index (χ3n) is 3.54. The van der Waals surface area contributed by atoms with Crippen LogP contribution in [0.15, 0.2) is 35.1 Å². The van der Waals surface area contributed by atoms with Crippen LogP contribution in [0, 0.1) is 0 Å². The highest BCUT2D eigenvalue weighted by Gasteiger charge is 2.10. The van der Waals surface area contributed by atoms with Crippen molar-refractivity contribution in [3.63, 3.8) is 0 Å². The van der Waals surface area contributed by atoms with Crippen molar-refractivity contribution in [1.82, 2.24) is 14.8 Å². The summed E-state index contributed by atoms with van der Waals surface area (Å²) in [5, 5.41) is 4.75. The molecule has 0 saturated carbocycles. The van der Waals surface area contributed by atoms with E-state index in [2.05, 4.69) is 5.32 Å².